The number of benzene rings is 1. The number of aliphatic carboxylic acids is 2. The first-order valence-electron chi connectivity index (χ1n) is 16.0. The monoisotopic (exact) mass is 803 g/mol. The normalized spacial score (nSPS) is 11.6. The van der Waals surface area contributed by atoms with Crippen LogP contribution in [0, 0.1) is 6.65 Å². The molecule has 0 aliphatic heterocycles. The first-order chi connectivity index (χ1) is 24.5. The van der Waals surface area contributed by atoms with Gasteiger partial charge in [0.15, 0.2) is 5.52 Å². The van der Waals surface area contributed by atoms with Crippen molar-refractivity contribution < 1.29 is 54.1 Å². The molecule has 277 valence electrons. The number of nitrogens with one attached hydrogen (secondary N) is 4. The average molecular weight is 804 g/mol. The van der Waals surface area contributed by atoms with Crippen LogP contribution >= 0.6 is 0 Å². The Labute approximate surface area is 311 Å². The van der Waals surface area contributed by atoms with Gasteiger partial charge in [0.05, 0.1) is 36.0 Å². The number of nitrogens with two attached hydrogens (primary N) is 2. The fraction of sp³-hybridized carbons (Fsp3) is 0.364. The fourth-order valence-electron chi connectivity index (χ4n) is 4.91. The van der Waals surface area contributed by atoms with E-state index in [1.54, 1.807) is 24.7 Å². The van der Waals surface area contributed by atoms with Gasteiger partial charge in [-0.05, 0) is 43.5 Å². The third-order valence-corrected chi connectivity index (χ3v) is 7.60. The van der Waals surface area contributed by atoms with Gasteiger partial charge in [0.1, 0.15) is 17.9 Å². The molecule has 2 atom stereocenters. The summed E-state index contributed by atoms with van der Waals surface area (Å²) in [6, 6.07) is 5.66. The number of amides is 2. The molecule has 3 aromatic heterocycles. The molecule has 19 heteroatoms. The molecular formula is C33H40N10O8Tc. The van der Waals surface area contributed by atoms with Crippen LogP contribution in [0.1, 0.15) is 60.3 Å². The Balaban J connectivity index is 0.00000307. The molecule has 3 heterocycles. The summed E-state index contributed by atoms with van der Waals surface area (Å²) in [6.45, 7) is 5.93. The Bertz CT molecular complexity index is 1880. The van der Waals surface area contributed by atoms with Gasteiger partial charge in [-0.2, -0.15) is 0 Å². The quantitative estimate of drug-likeness (QED) is 0.0373. The van der Waals surface area contributed by atoms with Crippen LogP contribution in [0.5, 0.6) is 0 Å². The molecule has 52 heavy (non-hydrogen) atoms. The average Bonchev–Trinajstić information content (AvgIpc) is 3.56. The second-order valence-corrected chi connectivity index (χ2v) is 11.5. The van der Waals surface area contributed by atoms with E-state index >= 15 is 0 Å². The van der Waals surface area contributed by atoms with Crippen LogP contribution in [0.4, 0.5) is 11.5 Å². The van der Waals surface area contributed by atoms with E-state index in [0.717, 1.165) is 32.2 Å². The zero-order valence-corrected chi connectivity index (χ0v) is 29.9. The van der Waals surface area contributed by atoms with Gasteiger partial charge in [-0.1, -0.05) is 12.8 Å². The molecule has 1 aromatic carbocycles. The number of carbonyl (C=O) groups excluding carboxylic acids is 2. The number of nitrogen functional groups attached to an aromatic ring is 1. The minimum atomic E-state index is -1.25. The number of hydrogen-bond donors (Lipinski definition) is 8. The Morgan fingerprint density at radius 3 is 2.40 bits per heavy atom. The molecule has 2 unspecified atom stereocenters. The number of nitrogens with zero attached hydrogens (tertiary/aromatic N) is 4. The molecule has 0 saturated carbocycles. The second kappa shape index (κ2) is 21.7. The number of carboxylic acid groups (broad SMARTS) is 2. The van der Waals surface area contributed by atoms with Crippen molar-refractivity contribution in [1.82, 2.24) is 35.1 Å². The molecule has 4 aromatic rings. The zero-order valence-electron chi connectivity index (χ0n) is 28.0. The number of aromatic amines is 1. The van der Waals surface area contributed by atoms with Crippen LogP contribution in [0.25, 0.3) is 11.0 Å². The number of anilines is 2. The van der Waals surface area contributed by atoms with E-state index in [1.807, 2.05) is 4.57 Å². The van der Waals surface area contributed by atoms with Gasteiger partial charge >= 0.3 is 23.2 Å². The summed E-state index contributed by atoms with van der Waals surface area (Å²) in [5, 5.41) is 26.9. The number of pyridine rings is 1. The van der Waals surface area contributed by atoms with Crippen molar-refractivity contribution in [3.63, 3.8) is 0 Å². The van der Waals surface area contributed by atoms with E-state index < -0.39 is 35.5 Å². The Kier molecular flexibility index (Phi) is 17.8. The van der Waals surface area contributed by atoms with Gasteiger partial charge in [-0.15, -0.1) is 0 Å². The van der Waals surface area contributed by atoms with Gasteiger partial charge in [0.2, 0.25) is 5.91 Å². The molecule has 10 N–H and O–H groups in total. The van der Waals surface area contributed by atoms with Crippen LogP contribution in [0.3, 0.4) is 0 Å². The van der Waals surface area contributed by atoms with E-state index in [4.69, 9.17) is 21.2 Å². The fourth-order valence-corrected chi connectivity index (χ4v) is 4.91. The zero-order chi connectivity index (χ0) is 37.3. The standard InChI is InChI=1S/C32H40N10O7.CO.Tc/c33-23(31(46)47)13-21-17-42(18-38-21)12-4-2-1-3-11-35-27(43)10-9-24(32(48)49)40-29(44)19-5-7-20(8-6-19)36-15-22-16-37-25-14-26(34)41-30(45)28(25)39-22;1-2;/h5-8,14,16-18,23-24,36H,1-4,9-13,15,33H2,(H,35,43)(H,40,44)(H,46,47)(H,48,49)(H3,34,41,45);;/i;;1+1. The number of unbranched alkanes of at least 4 members (excludes halogenated alkanes) is 3. The van der Waals surface area contributed by atoms with Crippen molar-refractivity contribution >= 4 is 46.3 Å². The van der Waals surface area contributed by atoms with Gasteiger partial charge in [0, 0.05) is 69.6 Å². The summed E-state index contributed by atoms with van der Waals surface area (Å²) in [4.78, 5) is 75.0. The molecule has 0 saturated heterocycles. The molecule has 0 bridgehead atoms. The number of aryl methyl sites for hydroxylation is 1. The predicted molar refractivity (Wildman–Crippen MR) is 183 cm³/mol. The molecule has 4 rings (SSSR count). The predicted octanol–water partition coefficient (Wildman–Crippen LogP) is 0.963. The molecule has 0 spiro atoms. The number of fused-ring (bicyclic) bond motifs is 1. The summed E-state index contributed by atoms with van der Waals surface area (Å²) >= 11 is 0. The summed E-state index contributed by atoms with van der Waals surface area (Å²) in [7, 11) is 0. The van der Waals surface area contributed by atoms with Crippen molar-refractivity contribution in [2.24, 2.45) is 5.73 Å². The first kappa shape index (κ1) is 42.7. The SMILES string of the molecule is Nc1cc2ncc(CNc3ccc(C(=O)NC(CCC(=O)NCCCCCCn4cnc(CC(N)C(=O)O)c4)C(=O)O)cc3)nc2c(=O)[nH]1.[99Tc].[C-]#[O+]. The van der Waals surface area contributed by atoms with Crippen molar-refractivity contribution in [1.29, 1.82) is 0 Å². The number of carboxylic acids is 2. The van der Waals surface area contributed by atoms with Gasteiger partial charge in [0.25, 0.3) is 11.5 Å². The summed E-state index contributed by atoms with van der Waals surface area (Å²) < 4.78 is 9.39. The van der Waals surface area contributed by atoms with Crippen LogP contribution < -0.4 is 33.0 Å². The van der Waals surface area contributed by atoms with Gasteiger partial charge in [-0.25, -0.2) is 14.8 Å². The van der Waals surface area contributed by atoms with Crippen LogP contribution in [-0.4, -0.2) is 77.1 Å². The Hall–Kier alpha value is -5.45. The van der Waals surface area contributed by atoms with E-state index in [1.165, 1.54) is 24.4 Å². The Morgan fingerprint density at radius 1 is 1.00 bits per heavy atom. The van der Waals surface area contributed by atoms with E-state index in [0.29, 0.717) is 29.1 Å². The van der Waals surface area contributed by atoms with Crippen LogP contribution in [0.15, 0.2) is 53.8 Å². The minimum absolute atomic E-state index is 0. The molecule has 0 fully saturated rings. The number of aromatic nitrogens is 5. The van der Waals surface area contributed by atoms with Gasteiger partial charge < -0.3 is 47.2 Å². The maximum atomic E-state index is 12.7. The first-order valence-corrected chi connectivity index (χ1v) is 16.0. The van der Waals surface area contributed by atoms with E-state index in [9.17, 15) is 29.1 Å². The number of carbonyl (C=O) groups is 4. The third kappa shape index (κ3) is 13.7. The summed E-state index contributed by atoms with van der Waals surface area (Å²) in [5.74, 6) is -3.00. The summed E-state index contributed by atoms with van der Waals surface area (Å²) in [5.41, 5.74) is 13.3. The van der Waals surface area contributed by atoms with Crippen LogP contribution in [-0.2, 0) is 58.7 Å². The van der Waals surface area contributed by atoms with Gasteiger partial charge in [-0.3, -0.25) is 24.2 Å². The molecule has 1 radical (unpaired) electrons. The molecular weight excluding hydrogens is 763 g/mol. The van der Waals surface area contributed by atoms with Crippen molar-refractivity contribution in [3.05, 3.63) is 83.0 Å². The molecule has 18 nitrogen and oxygen atoms in total. The molecule has 2 amide bonds. The molecule has 0 aliphatic rings. The van der Waals surface area contributed by atoms with Crippen molar-refractivity contribution in [2.75, 3.05) is 17.6 Å². The van der Waals surface area contributed by atoms with E-state index in [2.05, 4.69) is 42.5 Å². The van der Waals surface area contributed by atoms with Crippen molar-refractivity contribution in [3.8, 4) is 0 Å². The maximum absolute atomic E-state index is 12.7. The topological polar surface area (TPSA) is 293 Å². The Morgan fingerprint density at radius 2 is 1.71 bits per heavy atom. The number of rotatable bonds is 19. The number of H-pyrrole nitrogens is 1. The van der Waals surface area contributed by atoms with E-state index in [-0.39, 0.29) is 68.7 Å². The third-order valence-electron chi connectivity index (χ3n) is 7.60. The number of hydrogen-bond acceptors (Lipinski definition) is 11. The number of imidazole rings is 1. The van der Waals surface area contributed by atoms with Crippen LogP contribution in [0.2, 0.25) is 0 Å². The second-order valence-electron chi connectivity index (χ2n) is 11.5. The van der Waals surface area contributed by atoms with Crippen molar-refractivity contribution in [2.45, 2.75) is 70.1 Å². The summed E-state index contributed by atoms with van der Waals surface area (Å²) in [6.07, 6.45) is 8.43. The molecule has 0 aliphatic carbocycles.